The summed E-state index contributed by atoms with van der Waals surface area (Å²) in [4.78, 5) is 30.4. The lowest BCUT2D eigenvalue weighted by Gasteiger charge is -2.18. The first-order valence-corrected chi connectivity index (χ1v) is 11.0. The van der Waals surface area contributed by atoms with Crippen molar-refractivity contribution in [2.24, 2.45) is 0 Å². The number of carbonyl (C=O) groups is 2. The Balaban J connectivity index is 1.56. The minimum Gasteiger partial charge on any atom is -0.452 e. The average Bonchev–Trinajstić information content (AvgIpc) is 2.74. The summed E-state index contributed by atoms with van der Waals surface area (Å²) in [5.41, 5.74) is 6.29. The quantitative estimate of drug-likeness (QED) is 0.586. The lowest BCUT2D eigenvalue weighted by molar-refractivity contribution is -0.119. The van der Waals surface area contributed by atoms with Gasteiger partial charge < -0.3 is 10.1 Å². The summed E-state index contributed by atoms with van der Waals surface area (Å²) >= 11 is 0. The summed E-state index contributed by atoms with van der Waals surface area (Å²) in [6.07, 6.45) is 6.12. The molecule has 0 spiro atoms. The number of benzene rings is 2. The molecule has 1 aliphatic carbocycles. The van der Waals surface area contributed by atoms with Gasteiger partial charge in [0.2, 0.25) is 0 Å². The van der Waals surface area contributed by atoms with E-state index in [1.165, 1.54) is 6.42 Å². The number of nitrogens with zero attached hydrogens (tertiary/aromatic N) is 1. The molecule has 0 fully saturated rings. The van der Waals surface area contributed by atoms with E-state index in [0.29, 0.717) is 11.3 Å². The monoisotopic (exact) mass is 416 g/mol. The summed E-state index contributed by atoms with van der Waals surface area (Å²) < 4.78 is 5.48. The van der Waals surface area contributed by atoms with Crippen molar-refractivity contribution in [2.75, 3.05) is 11.9 Å². The van der Waals surface area contributed by atoms with Crippen molar-refractivity contribution in [2.45, 2.75) is 52.4 Å². The van der Waals surface area contributed by atoms with Gasteiger partial charge in [0.25, 0.3) is 5.91 Å². The normalized spacial score (nSPS) is 13.7. The van der Waals surface area contributed by atoms with Crippen LogP contribution in [0.4, 0.5) is 5.69 Å². The van der Waals surface area contributed by atoms with E-state index in [9.17, 15) is 9.59 Å². The van der Waals surface area contributed by atoms with Crippen LogP contribution in [-0.4, -0.2) is 23.5 Å². The molecule has 31 heavy (non-hydrogen) atoms. The molecule has 2 aromatic carbocycles. The zero-order chi connectivity index (χ0) is 21.8. The molecule has 160 valence electrons. The predicted molar refractivity (Wildman–Crippen MR) is 122 cm³/mol. The van der Waals surface area contributed by atoms with E-state index in [0.717, 1.165) is 65.4 Å². The topological polar surface area (TPSA) is 68.3 Å². The lowest BCUT2D eigenvalue weighted by atomic mass is 9.91. The van der Waals surface area contributed by atoms with Crippen molar-refractivity contribution in [3.8, 4) is 0 Å². The van der Waals surface area contributed by atoms with Gasteiger partial charge in [-0.1, -0.05) is 37.1 Å². The van der Waals surface area contributed by atoms with Gasteiger partial charge >= 0.3 is 5.97 Å². The van der Waals surface area contributed by atoms with Crippen LogP contribution in [0.2, 0.25) is 0 Å². The zero-order valence-corrected chi connectivity index (χ0v) is 18.2. The summed E-state index contributed by atoms with van der Waals surface area (Å²) in [5, 5.41) is 3.60. The number of anilines is 1. The Morgan fingerprint density at radius 2 is 1.74 bits per heavy atom. The largest absolute Gasteiger partial charge is 0.452 e. The summed E-state index contributed by atoms with van der Waals surface area (Å²) in [6, 6.07) is 13.4. The number of carbonyl (C=O) groups excluding carboxylic acids is 2. The maximum Gasteiger partial charge on any atom is 0.339 e. The van der Waals surface area contributed by atoms with Gasteiger partial charge in [-0.2, -0.15) is 0 Å². The fourth-order valence-electron chi connectivity index (χ4n) is 4.18. The Hall–Kier alpha value is -3.21. The molecule has 5 heteroatoms. The second kappa shape index (κ2) is 9.29. The molecule has 1 heterocycles. The van der Waals surface area contributed by atoms with E-state index in [-0.39, 0.29) is 12.5 Å². The van der Waals surface area contributed by atoms with Crippen LogP contribution < -0.4 is 5.32 Å². The molecule has 0 saturated carbocycles. The number of ether oxygens (including phenoxy) is 1. The minimum atomic E-state index is -0.453. The maximum atomic E-state index is 13.2. The van der Waals surface area contributed by atoms with Crippen molar-refractivity contribution in [3.63, 3.8) is 0 Å². The molecule has 0 unspecified atom stereocenters. The van der Waals surface area contributed by atoms with E-state index in [1.54, 1.807) is 0 Å². The van der Waals surface area contributed by atoms with Gasteiger partial charge in [0.1, 0.15) is 0 Å². The number of aromatic nitrogens is 1. The summed E-state index contributed by atoms with van der Waals surface area (Å²) in [6.45, 7) is 3.69. The first-order chi connectivity index (χ1) is 15.0. The predicted octanol–water partition coefficient (Wildman–Crippen LogP) is 5.31. The van der Waals surface area contributed by atoms with Gasteiger partial charge in [-0.05, 0) is 74.4 Å². The van der Waals surface area contributed by atoms with Crippen molar-refractivity contribution < 1.29 is 14.3 Å². The van der Waals surface area contributed by atoms with E-state index in [2.05, 4.69) is 5.32 Å². The Kier molecular flexibility index (Phi) is 6.31. The zero-order valence-electron chi connectivity index (χ0n) is 18.2. The van der Waals surface area contributed by atoms with Gasteiger partial charge in [0.05, 0.1) is 11.1 Å². The highest BCUT2D eigenvalue weighted by molar-refractivity contribution is 6.06. The Morgan fingerprint density at radius 1 is 0.968 bits per heavy atom. The van der Waals surface area contributed by atoms with Crippen molar-refractivity contribution in [1.82, 2.24) is 4.98 Å². The molecule has 0 atom stereocenters. The fraction of sp³-hybridized carbons (Fsp3) is 0.346. The number of hydrogen-bond donors (Lipinski definition) is 1. The first-order valence-electron chi connectivity index (χ1n) is 11.0. The van der Waals surface area contributed by atoms with Crippen LogP contribution in [0.3, 0.4) is 0 Å². The number of amides is 1. The van der Waals surface area contributed by atoms with Crippen LogP contribution in [-0.2, 0) is 22.4 Å². The van der Waals surface area contributed by atoms with Crippen LogP contribution in [0.25, 0.3) is 10.9 Å². The summed E-state index contributed by atoms with van der Waals surface area (Å²) in [7, 11) is 0. The number of pyridine rings is 1. The molecular weight excluding hydrogens is 388 g/mol. The first kappa shape index (κ1) is 21.0. The Morgan fingerprint density at radius 3 is 2.55 bits per heavy atom. The van der Waals surface area contributed by atoms with Crippen LogP contribution in [0.15, 0.2) is 42.5 Å². The highest BCUT2D eigenvalue weighted by Crippen LogP contribution is 2.29. The number of aryl methyl sites for hydroxylation is 3. The smallest absolute Gasteiger partial charge is 0.339 e. The number of fused-ring (bicyclic) bond motifs is 2. The number of para-hydroxylation sites is 1. The van der Waals surface area contributed by atoms with Crippen LogP contribution in [0, 0.1) is 13.8 Å². The van der Waals surface area contributed by atoms with E-state index < -0.39 is 5.97 Å². The minimum absolute atomic E-state index is 0.322. The highest BCUT2D eigenvalue weighted by Gasteiger charge is 2.23. The summed E-state index contributed by atoms with van der Waals surface area (Å²) in [5.74, 6) is -0.802. The molecule has 3 aromatic rings. The lowest BCUT2D eigenvalue weighted by Crippen LogP contribution is -2.22. The number of esters is 1. The molecular formula is C26H28N2O3. The maximum absolute atomic E-state index is 13.2. The molecule has 0 radical (unpaired) electrons. The van der Waals surface area contributed by atoms with E-state index in [1.807, 2.05) is 56.3 Å². The van der Waals surface area contributed by atoms with Gasteiger partial charge in [-0.3, -0.25) is 9.78 Å². The molecule has 1 aliphatic rings. The second-order valence-electron chi connectivity index (χ2n) is 8.27. The number of rotatable bonds is 4. The SMILES string of the molecule is Cc1ccc(NC(=O)COC(=O)c2c3c(nc4ccccc24)CCCCCC3)cc1C. The van der Waals surface area contributed by atoms with Gasteiger partial charge in [-0.15, -0.1) is 0 Å². The molecule has 0 bridgehead atoms. The molecule has 0 aliphatic heterocycles. The third-order valence-corrected chi connectivity index (χ3v) is 6.00. The van der Waals surface area contributed by atoms with E-state index >= 15 is 0 Å². The average molecular weight is 417 g/mol. The third kappa shape index (κ3) is 4.76. The molecule has 1 aromatic heterocycles. The van der Waals surface area contributed by atoms with Crippen molar-refractivity contribution >= 4 is 28.5 Å². The number of nitrogens with one attached hydrogen (secondary N) is 1. The highest BCUT2D eigenvalue weighted by atomic mass is 16.5. The van der Waals surface area contributed by atoms with Crippen LogP contribution in [0.5, 0.6) is 0 Å². The van der Waals surface area contributed by atoms with Gasteiger partial charge in [0.15, 0.2) is 6.61 Å². The van der Waals surface area contributed by atoms with Gasteiger partial charge in [0, 0.05) is 16.8 Å². The van der Waals surface area contributed by atoms with Crippen LogP contribution in [0.1, 0.15) is 58.4 Å². The standard InChI is InChI=1S/C26H28N2O3/c1-17-13-14-19(15-18(17)2)27-24(29)16-31-26(30)25-20-9-5-3-4-6-11-22(20)28-23-12-8-7-10-21(23)25/h7-8,10,12-15H,3-6,9,11,16H2,1-2H3,(H,27,29). The third-order valence-electron chi connectivity index (χ3n) is 6.00. The number of hydrogen-bond acceptors (Lipinski definition) is 4. The van der Waals surface area contributed by atoms with Gasteiger partial charge in [-0.25, -0.2) is 4.79 Å². The Bertz CT molecular complexity index is 1140. The molecule has 1 N–H and O–H groups in total. The molecule has 0 saturated heterocycles. The second-order valence-corrected chi connectivity index (χ2v) is 8.27. The molecule has 5 nitrogen and oxygen atoms in total. The molecule has 1 amide bonds. The van der Waals surface area contributed by atoms with Crippen molar-refractivity contribution in [1.29, 1.82) is 0 Å². The van der Waals surface area contributed by atoms with E-state index in [4.69, 9.17) is 9.72 Å². The fourth-order valence-corrected chi connectivity index (χ4v) is 4.18. The Labute approximate surface area is 182 Å². The molecule has 4 rings (SSSR count). The van der Waals surface area contributed by atoms with Crippen LogP contribution >= 0.6 is 0 Å². The van der Waals surface area contributed by atoms with Crippen molar-refractivity contribution in [3.05, 3.63) is 70.4 Å².